The number of amides is 2. The highest BCUT2D eigenvalue weighted by molar-refractivity contribution is 6.33. The van der Waals surface area contributed by atoms with E-state index in [9.17, 15) is 9.59 Å². The van der Waals surface area contributed by atoms with E-state index in [1.807, 2.05) is 0 Å². The molecule has 7 heteroatoms. The molecule has 0 aliphatic carbocycles. The zero-order valence-electron chi connectivity index (χ0n) is 4.44. The predicted molar refractivity (Wildman–Crippen MR) is 24.6 cm³/mol. The fourth-order valence-corrected chi connectivity index (χ4v) is 0.0986. The van der Waals surface area contributed by atoms with Crippen LogP contribution in [0.2, 0.25) is 0 Å². The summed E-state index contributed by atoms with van der Waals surface area (Å²) in [6, 6.07) is 0. The van der Waals surface area contributed by atoms with E-state index < -0.39 is 17.0 Å². The maximum Gasteiger partial charge on any atom is 0.360 e. The lowest BCUT2D eigenvalue weighted by molar-refractivity contribution is -0.282. The van der Waals surface area contributed by atoms with Crippen LogP contribution in [0, 0.1) is 0 Å². The number of carbonyl (C=O) groups excluding carboxylic acids is 2. The number of primary amides is 1. The highest BCUT2D eigenvalue weighted by Gasteiger charge is 2.13. The zero-order chi connectivity index (χ0) is 6.73. The molecule has 0 aliphatic heterocycles. The Kier molecular flexibility index (Phi) is 4.51. The Hall–Kier alpha value is -1.18. The van der Waals surface area contributed by atoms with Gasteiger partial charge in [-0.1, -0.05) is 5.23 Å². The third-order valence-electron chi connectivity index (χ3n) is 0.392. The fraction of sp³-hybridized carbons (Fsp3) is 0. The van der Waals surface area contributed by atoms with Crippen molar-refractivity contribution < 1.29 is 20.0 Å². The zero-order valence-corrected chi connectivity index (χ0v) is 4.44. The molecule has 0 atom stereocenters. The molecule has 0 saturated carbocycles. The lowest BCUT2D eigenvalue weighted by atomic mass is 10.6. The van der Waals surface area contributed by atoms with Crippen LogP contribution in [-0.2, 0) is 9.59 Å². The average molecular weight is 137 g/mol. The van der Waals surface area contributed by atoms with Gasteiger partial charge in [0.25, 0.3) is 0 Å². The van der Waals surface area contributed by atoms with Crippen molar-refractivity contribution in [3.8, 4) is 0 Å². The minimum atomic E-state index is -1.56. The summed E-state index contributed by atoms with van der Waals surface area (Å²) in [5.41, 5.74) is 4.29. The van der Waals surface area contributed by atoms with E-state index in [1.165, 1.54) is 0 Å². The highest BCUT2D eigenvalue weighted by Crippen LogP contribution is 1.71. The van der Waals surface area contributed by atoms with Crippen LogP contribution in [0.4, 0.5) is 0 Å². The topological polar surface area (TPSA) is 139 Å². The van der Waals surface area contributed by atoms with Gasteiger partial charge in [-0.15, -0.1) is 0 Å². The smallest absolute Gasteiger partial charge is 0.360 e. The van der Waals surface area contributed by atoms with Crippen LogP contribution in [0.15, 0.2) is 0 Å². The van der Waals surface area contributed by atoms with Gasteiger partial charge in [-0.25, -0.2) is 0 Å². The summed E-state index contributed by atoms with van der Waals surface area (Å²) in [5.74, 6) is -2.99. The van der Waals surface area contributed by atoms with Gasteiger partial charge in [0.15, 0.2) is 0 Å². The molecular weight excluding hydrogens is 130 g/mol. The predicted octanol–water partition coefficient (Wildman–Crippen LogP) is -1.76. The molecule has 7 nitrogen and oxygen atoms in total. The van der Waals surface area contributed by atoms with Crippen molar-refractivity contribution in [2.45, 2.75) is 0 Å². The molecule has 0 unspecified atom stereocenters. The Morgan fingerprint density at radius 1 is 1.33 bits per heavy atom. The molecule has 0 saturated heterocycles. The minimum absolute atomic E-state index is 0. The molecule has 0 spiro atoms. The molecule has 0 heterocycles. The summed E-state index contributed by atoms with van der Waals surface area (Å²) >= 11 is 0. The summed E-state index contributed by atoms with van der Waals surface area (Å²) in [7, 11) is 0. The lowest BCUT2D eigenvalue weighted by Crippen LogP contribution is -2.35. The maximum atomic E-state index is 9.79. The van der Waals surface area contributed by atoms with Crippen molar-refractivity contribution in [3.63, 3.8) is 0 Å². The molecule has 54 valence electrons. The molecule has 0 bridgehead atoms. The SMILES string of the molecule is N.NC(=O)C(=O)N(O)O. The average Bonchev–Trinajstić information content (AvgIpc) is 1.64. The molecule has 9 heavy (non-hydrogen) atoms. The van der Waals surface area contributed by atoms with E-state index in [1.54, 1.807) is 0 Å². The van der Waals surface area contributed by atoms with Crippen molar-refractivity contribution in [2.75, 3.05) is 0 Å². The molecule has 0 aromatic rings. The molecular formula is C2H7N3O4. The number of nitrogens with zero attached hydrogens (tertiary/aromatic N) is 1. The summed E-state index contributed by atoms with van der Waals surface area (Å²) in [6.07, 6.45) is 0. The molecule has 0 fully saturated rings. The lowest BCUT2D eigenvalue weighted by Gasteiger charge is -1.99. The number of carbonyl (C=O) groups is 2. The van der Waals surface area contributed by atoms with E-state index in [2.05, 4.69) is 5.73 Å². The number of hydrogen-bond donors (Lipinski definition) is 4. The van der Waals surface area contributed by atoms with Gasteiger partial charge in [0.05, 0.1) is 0 Å². The Bertz CT molecular complexity index is 121. The van der Waals surface area contributed by atoms with E-state index in [0.717, 1.165) is 0 Å². The molecule has 0 radical (unpaired) electrons. The minimum Gasteiger partial charge on any atom is -0.361 e. The van der Waals surface area contributed by atoms with Crippen LogP contribution in [0.25, 0.3) is 0 Å². The second-order valence-corrected chi connectivity index (χ2v) is 0.959. The van der Waals surface area contributed by atoms with E-state index >= 15 is 0 Å². The molecule has 2 amide bonds. The molecule has 7 N–H and O–H groups in total. The van der Waals surface area contributed by atoms with Crippen molar-refractivity contribution in [2.24, 2.45) is 5.73 Å². The maximum absolute atomic E-state index is 9.79. The van der Waals surface area contributed by atoms with Gasteiger partial charge in [-0.05, 0) is 0 Å². The molecule has 0 aromatic heterocycles. The Labute approximate surface area is 50.2 Å². The Morgan fingerprint density at radius 3 is 1.67 bits per heavy atom. The first kappa shape index (κ1) is 10.7. The summed E-state index contributed by atoms with van der Waals surface area (Å²) in [5, 5.41) is 14.6. The Balaban J connectivity index is 0. The molecule has 0 rings (SSSR count). The molecule has 0 aromatic carbocycles. The Morgan fingerprint density at radius 2 is 1.67 bits per heavy atom. The van der Waals surface area contributed by atoms with Crippen LogP contribution < -0.4 is 11.9 Å². The standard InChI is InChI=1S/C2H4N2O4.H3N/c3-1(5)2(6)4(7)8;/h7-8H,(H2,3,5);1H3. The number of hydroxylamine groups is 2. The van der Waals surface area contributed by atoms with E-state index in [-0.39, 0.29) is 6.15 Å². The summed E-state index contributed by atoms with van der Waals surface area (Å²) in [6.45, 7) is 0. The van der Waals surface area contributed by atoms with Crippen LogP contribution >= 0.6 is 0 Å². The van der Waals surface area contributed by atoms with Gasteiger partial charge in [0, 0.05) is 0 Å². The largest absolute Gasteiger partial charge is 0.361 e. The second-order valence-electron chi connectivity index (χ2n) is 0.959. The van der Waals surface area contributed by atoms with Crippen LogP contribution in [0.1, 0.15) is 0 Å². The fourth-order valence-electron chi connectivity index (χ4n) is 0.0986. The number of hydrogen-bond acceptors (Lipinski definition) is 5. The first-order chi connectivity index (χ1) is 3.55. The quantitative estimate of drug-likeness (QED) is 0.178. The van der Waals surface area contributed by atoms with Crippen LogP contribution in [0.3, 0.4) is 0 Å². The van der Waals surface area contributed by atoms with Gasteiger partial charge in [-0.3, -0.25) is 20.0 Å². The van der Waals surface area contributed by atoms with E-state index in [0.29, 0.717) is 0 Å². The number of rotatable bonds is 0. The van der Waals surface area contributed by atoms with Crippen molar-refractivity contribution in [1.82, 2.24) is 11.4 Å². The summed E-state index contributed by atoms with van der Waals surface area (Å²) in [4.78, 5) is 19.4. The van der Waals surface area contributed by atoms with Gasteiger partial charge in [0.2, 0.25) is 0 Å². The van der Waals surface area contributed by atoms with Gasteiger partial charge >= 0.3 is 11.8 Å². The second kappa shape index (κ2) is 3.78. The van der Waals surface area contributed by atoms with Gasteiger partial charge in [0.1, 0.15) is 0 Å². The molecule has 0 aliphatic rings. The van der Waals surface area contributed by atoms with Crippen LogP contribution in [-0.4, -0.2) is 27.5 Å². The first-order valence-electron chi connectivity index (χ1n) is 1.57. The number of nitrogens with two attached hydrogens (primary N) is 1. The van der Waals surface area contributed by atoms with Crippen molar-refractivity contribution in [3.05, 3.63) is 0 Å². The van der Waals surface area contributed by atoms with Crippen molar-refractivity contribution >= 4 is 11.8 Å². The third-order valence-corrected chi connectivity index (χ3v) is 0.392. The normalized spacial score (nSPS) is 7.33. The monoisotopic (exact) mass is 137 g/mol. The van der Waals surface area contributed by atoms with E-state index in [4.69, 9.17) is 10.4 Å². The van der Waals surface area contributed by atoms with Gasteiger partial charge < -0.3 is 11.9 Å². The van der Waals surface area contributed by atoms with Gasteiger partial charge in [-0.2, -0.15) is 0 Å². The van der Waals surface area contributed by atoms with Crippen LogP contribution in [0.5, 0.6) is 0 Å². The van der Waals surface area contributed by atoms with Crippen molar-refractivity contribution in [1.29, 1.82) is 0 Å². The summed E-state index contributed by atoms with van der Waals surface area (Å²) < 4.78 is 0. The first-order valence-corrected chi connectivity index (χ1v) is 1.57. The third kappa shape index (κ3) is 3.41. The highest BCUT2D eigenvalue weighted by atomic mass is 16.8.